The van der Waals surface area contributed by atoms with Gasteiger partial charge in [0, 0.05) is 13.1 Å². The largest absolute Gasteiger partial charge is 0.497 e. The number of aliphatic hydroxyl groups excluding tert-OH is 1. The Morgan fingerprint density at radius 1 is 1.36 bits per heavy atom. The van der Waals surface area contributed by atoms with Crippen LogP contribution in [0.3, 0.4) is 0 Å². The van der Waals surface area contributed by atoms with E-state index < -0.39 is 0 Å². The van der Waals surface area contributed by atoms with Crippen molar-refractivity contribution >= 4 is 6.47 Å². The van der Waals surface area contributed by atoms with Gasteiger partial charge in [-0.3, -0.25) is 4.79 Å². The predicted molar refractivity (Wildman–Crippen MR) is 103 cm³/mol. The maximum Gasteiger partial charge on any atom is 0.290 e. The van der Waals surface area contributed by atoms with Gasteiger partial charge in [-0.1, -0.05) is 29.3 Å². The minimum atomic E-state index is -0.250. The number of aliphatic hydroxyl groups is 1. The highest BCUT2D eigenvalue weighted by molar-refractivity contribution is 5.32. The third kappa shape index (κ3) is 20.1. The lowest BCUT2D eigenvalue weighted by Gasteiger charge is -1.97. The molecular weight excluding hydrogens is 320 g/mol. The topological polar surface area (TPSA) is 90.8 Å². The number of carboxylic acid groups (broad SMARTS) is 1. The van der Waals surface area contributed by atoms with Crippen LogP contribution in [-0.2, 0) is 4.79 Å². The summed E-state index contributed by atoms with van der Waals surface area (Å²) in [6.45, 7) is 8.76. The van der Waals surface area contributed by atoms with Gasteiger partial charge in [0.15, 0.2) is 0 Å². The molecular formula is C19H34N2O4. The monoisotopic (exact) mass is 354 g/mol. The van der Waals surface area contributed by atoms with Crippen LogP contribution in [0.1, 0.15) is 25.8 Å². The Kier molecular flexibility index (Phi) is 18.7. The van der Waals surface area contributed by atoms with E-state index in [4.69, 9.17) is 19.7 Å². The van der Waals surface area contributed by atoms with E-state index in [0.29, 0.717) is 0 Å². The normalized spacial score (nSPS) is 14.4. The summed E-state index contributed by atoms with van der Waals surface area (Å²) in [7, 11) is 3.62. The van der Waals surface area contributed by atoms with Crippen LogP contribution in [0.4, 0.5) is 0 Å². The summed E-state index contributed by atoms with van der Waals surface area (Å²) in [5.41, 5.74) is 2.63. The average molecular weight is 354 g/mol. The molecule has 6 heteroatoms. The van der Waals surface area contributed by atoms with E-state index in [9.17, 15) is 0 Å². The van der Waals surface area contributed by atoms with Crippen LogP contribution in [0.5, 0.6) is 5.75 Å². The van der Waals surface area contributed by atoms with Gasteiger partial charge in [0.05, 0.1) is 13.2 Å². The number of likely N-dealkylation sites (N-methyl/N-ethyl adjacent to an activating group) is 1. The lowest BCUT2D eigenvalue weighted by Crippen LogP contribution is -2.11. The Morgan fingerprint density at radius 2 is 1.92 bits per heavy atom. The number of hydrogen-bond acceptors (Lipinski definition) is 5. The molecule has 1 aromatic carbocycles. The number of methoxy groups -OCH3 is 1. The minimum Gasteiger partial charge on any atom is -0.497 e. The van der Waals surface area contributed by atoms with Crippen molar-refractivity contribution in [2.45, 2.75) is 33.3 Å². The number of rotatable bonds is 3. The van der Waals surface area contributed by atoms with Crippen molar-refractivity contribution in [2.75, 3.05) is 33.8 Å². The number of hydrogen-bond donors (Lipinski definition) is 4. The van der Waals surface area contributed by atoms with Gasteiger partial charge in [-0.2, -0.15) is 0 Å². The zero-order valence-electron chi connectivity index (χ0n) is 16.1. The molecule has 0 bridgehead atoms. The molecule has 0 spiro atoms. The third-order valence-electron chi connectivity index (χ3n) is 3.01. The molecule has 2 rings (SSSR count). The fourth-order valence-corrected chi connectivity index (χ4v) is 1.62. The standard InChI is InChI=1S/C8H10O.C6H13N.C4H9NO.CH2O2/c1-7-3-5-8(9-2)6-4-7;1-6(2)4-5-7-3;6-4-1-2-5-3-4;2-1-3/h3-6H,1-2H3;4,7H,5H2,1-3H3;4-6H,1-3H2;1H,(H,2,3). The zero-order chi connectivity index (χ0) is 19.5. The molecule has 1 aliphatic heterocycles. The SMILES string of the molecule is CNCC=C(C)C.COc1ccc(C)cc1.O=CO.OC1CCNC1. The lowest BCUT2D eigenvalue weighted by molar-refractivity contribution is -0.122. The molecule has 0 aromatic heterocycles. The summed E-state index contributed by atoms with van der Waals surface area (Å²) >= 11 is 0. The van der Waals surface area contributed by atoms with E-state index in [2.05, 4.69) is 37.5 Å². The van der Waals surface area contributed by atoms with Crippen molar-refractivity contribution in [3.63, 3.8) is 0 Å². The Hall–Kier alpha value is -1.89. The van der Waals surface area contributed by atoms with Gasteiger partial charge < -0.3 is 25.6 Å². The second kappa shape index (κ2) is 18.4. The molecule has 1 aromatic rings. The predicted octanol–water partition coefficient (Wildman–Crippen LogP) is 2.22. The molecule has 0 saturated carbocycles. The molecule has 0 radical (unpaired) electrons. The van der Waals surface area contributed by atoms with Crippen LogP contribution < -0.4 is 15.4 Å². The summed E-state index contributed by atoms with van der Waals surface area (Å²) in [6, 6.07) is 7.96. The number of benzene rings is 1. The zero-order valence-corrected chi connectivity index (χ0v) is 16.1. The fraction of sp³-hybridized carbons (Fsp3) is 0.526. The number of carbonyl (C=O) groups is 1. The van der Waals surface area contributed by atoms with E-state index >= 15 is 0 Å². The van der Waals surface area contributed by atoms with Crippen LogP contribution in [0, 0.1) is 6.92 Å². The first-order valence-corrected chi connectivity index (χ1v) is 8.26. The Labute approximate surface area is 151 Å². The number of β-amino-alcohol motifs (C(OH)–C–C–N with tert-alkyl or cyclic N) is 1. The van der Waals surface area contributed by atoms with Crippen molar-refractivity contribution in [3.8, 4) is 5.75 Å². The van der Waals surface area contributed by atoms with Gasteiger partial charge in [0.25, 0.3) is 6.47 Å². The summed E-state index contributed by atoms with van der Waals surface area (Å²) in [4.78, 5) is 8.36. The molecule has 25 heavy (non-hydrogen) atoms. The third-order valence-corrected chi connectivity index (χ3v) is 3.01. The van der Waals surface area contributed by atoms with Gasteiger partial charge in [-0.15, -0.1) is 0 Å². The van der Waals surface area contributed by atoms with Gasteiger partial charge in [-0.05, 0) is 52.9 Å². The van der Waals surface area contributed by atoms with E-state index in [-0.39, 0.29) is 12.6 Å². The van der Waals surface area contributed by atoms with Crippen LogP contribution >= 0.6 is 0 Å². The molecule has 1 unspecified atom stereocenters. The first-order chi connectivity index (χ1) is 11.9. The van der Waals surface area contributed by atoms with Gasteiger partial charge in [0.2, 0.25) is 0 Å². The quantitative estimate of drug-likeness (QED) is 0.491. The highest BCUT2D eigenvalue weighted by Gasteiger charge is 2.08. The van der Waals surface area contributed by atoms with Crippen LogP contribution in [-0.4, -0.2) is 56.6 Å². The van der Waals surface area contributed by atoms with Crippen molar-refractivity contribution < 1.29 is 19.7 Å². The molecule has 1 aliphatic rings. The first-order valence-electron chi connectivity index (χ1n) is 8.26. The van der Waals surface area contributed by atoms with Crippen LogP contribution in [0.2, 0.25) is 0 Å². The lowest BCUT2D eigenvalue weighted by atomic mass is 10.2. The molecule has 1 fully saturated rings. The maximum absolute atomic E-state index is 8.67. The summed E-state index contributed by atoms with van der Waals surface area (Å²) in [5.74, 6) is 0.917. The molecule has 0 aliphatic carbocycles. The van der Waals surface area contributed by atoms with Crippen molar-refractivity contribution in [3.05, 3.63) is 41.5 Å². The van der Waals surface area contributed by atoms with E-state index in [1.165, 1.54) is 11.1 Å². The highest BCUT2D eigenvalue weighted by Crippen LogP contribution is 2.09. The number of ether oxygens (including phenoxy) is 1. The molecule has 1 heterocycles. The van der Waals surface area contributed by atoms with Gasteiger partial charge >= 0.3 is 0 Å². The molecule has 1 saturated heterocycles. The van der Waals surface area contributed by atoms with Gasteiger partial charge in [0.1, 0.15) is 5.75 Å². The molecule has 1 atom stereocenters. The second-order valence-electron chi connectivity index (χ2n) is 5.61. The van der Waals surface area contributed by atoms with E-state index in [0.717, 1.165) is 31.8 Å². The Morgan fingerprint density at radius 3 is 2.16 bits per heavy atom. The fourth-order valence-electron chi connectivity index (χ4n) is 1.62. The smallest absolute Gasteiger partial charge is 0.290 e. The van der Waals surface area contributed by atoms with Gasteiger partial charge in [-0.25, -0.2) is 0 Å². The number of aryl methyl sites for hydroxylation is 1. The van der Waals surface area contributed by atoms with Crippen LogP contribution in [0.15, 0.2) is 35.9 Å². The molecule has 6 nitrogen and oxygen atoms in total. The van der Waals surface area contributed by atoms with E-state index in [1.807, 2.05) is 31.3 Å². The van der Waals surface area contributed by atoms with Crippen molar-refractivity contribution in [1.29, 1.82) is 0 Å². The summed E-state index contributed by atoms with van der Waals surface area (Å²) in [5, 5.41) is 21.6. The molecule has 4 N–H and O–H groups in total. The van der Waals surface area contributed by atoms with Crippen molar-refractivity contribution in [1.82, 2.24) is 10.6 Å². The Bertz CT molecular complexity index is 437. The first kappa shape index (κ1) is 25.4. The summed E-state index contributed by atoms with van der Waals surface area (Å²) < 4.78 is 4.97. The average Bonchev–Trinajstić information content (AvgIpc) is 3.06. The number of allylic oxidation sites excluding steroid dienone is 1. The Balaban J connectivity index is 0. The van der Waals surface area contributed by atoms with E-state index in [1.54, 1.807) is 7.11 Å². The highest BCUT2D eigenvalue weighted by atomic mass is 16.5. The maximum atomic E-state index is 8.67. The second-order valence-corrected chi connectivity index (χ2v) is 5.61. The minimum absolute atomic E-state index is 0.0648. The summed E-state index contributed by atoms with van der Waals surface area (Å²) in [6.07, 6.45) is 3.02. The molecule has 144 valence electrons. The molecule has 0 amide bonds. The van der Waals surface area contributed by atoms with Crippen LogP contribution in [0.25, 0.3) is 0 Å². The number of nitrogens with one attached hydrogen (secondary N) is 2. The van der Waals surface area contributed by atoms with Crippen molar-refractivity contribution in [2.24, 2.45) is 0 Å².